The van der Waals surface area contributed by atoms with Crippen molar-refractivity contribution in [2.75, 3.05) is 0 Å². The molecule has 0 aliphatic carbocycles. The Kier molecular flexibility index (Phi) is 3.75. The van der Waals surface area contributed by atoms with Gasteiger partial charge in [0.2, 0.25) is 0 Å². The fourth-order valence-corrected chi connectivity index (χ4v) is 3.07. The van der Waals surface area contributed by atoms with Crippen LogP contribution >= 0.6 is 11.6 Å². The summed E-state index contributed by atoms with van der Waals surface area (Å²) in [5.74, 6) is -1.19. The molecule has 0 unspecified atom stereocenters. The van der Waals surface area contributed by atoms with Crippen molar-refractivity contribution in [1.82, 2.24) is 19.7 Å². The van der Waals surface area contributed by atoms with Crippen LogP contribution in [0.5, 0.6) is 0 Å². The smallest absolute Gasteiger partial charge is 0.357 e. The molecule has 0 aliphatic heterocycles. The largest absolute Gasteiger partial charge is 0.476 e. The van der Waals surface area contributed by atoms with Gasteiger partial charge in [0.25, 0.3) is 0 Å². The summed E-state index contributed by atoms with van der Waals surface area (Å²) < 4.78 is 1.53. The van der Waals surface area contributed by atoms with Crippen LogP contribution in [0.2, 0.25) is 5.02 Å². The van der Waals surface area contributed by atoms with E-state index in [0.717, 1.165) is 16.5 Å². The molecule has 0 aliphatic rings. The highest BCUT2D eigenvalue weighted by molar-refractivity contribution is 6.31. The van der Waals surface area contributed by atoms with Crippen molar-refractivity contribution >= 4 is 39.4 Å². The molecule has 3 heterocycles. The summed E-state index contributed by atoms with van der Waals surface area (Å²) in [5, 5.41) is 24.6. The number of carboxylic acid groups (broad SMARTS) is 1. The number of aromatic carboxylic acids is 1. The maximum Gasteiger partial charge on any atom is 0.357 e. The molecule has 0 saturated carbocycles. The van der Waals surface area contributed by atoms with Crippen molar-refractivity contribution in [3.63, 3.8) is 0 Å². The van der Waals surface area contributed by atoms with E-state index in [2.05, 4.69) is 15.1 Å². The van der Waals surface area contributed by atoms with Gasteiger partial charge in [-0.3, -0.25) is 14.6 Å². The van der Waals surface area contributed by atoms with Crippen molar-refractivity contribution in [3.05, 3.63) is 64.7 Å². The fourth-order valence-electron chi connectivity index (χ4n) is 2.90. The molecule has 0 saturated heterocycles. The molecule has 1 N–H and O–H groups in total. The van der Waals surface area contributed by atoms with Crippen LogP contribution < -0.4 is 0 Å². The Morgan fingerprint density at radius 1 is 1.27 bits per heavy atom. The Hall–Kier alpha value is -3.50. The Morgan fingerprint density at radius 3 is 2.88 bits per heavy atom. The Balaban J connectivity index is 1.85. The van der Waals surface area contributed by atoms with Gasteiger partial charge in [-0.15, -0.1) is 0 Å². The quantitative estimate of drug-likeness (QED) is 0.599. The zero-order chi connectivity index (χ0) is 18.3. The van der Waals surface area contributed by atoms with Gasteiger partial charge < -0.3 is 5.11 Å². The summed E-state index contributed by atoms with van der Waals surface area (Å²) in [6.07, 6.45) is 4.43. The molecule has 0 amide bonds. The predicted molar refractivity (Wildman–Crippen MR) is 95.1 cm³/mol. The van der Waals surface area contributed by atoms with Gasteiger partial charge in [-0.25, -0.2) is 4.79 Å². The number of halogens is 1. The molecule has 126 valence electrons. The average Bonchev–Trinajstić information content (AvgIpc) is 3.00. The molecule has 26 heavy (non-hydrogen) atoms. The molecular formula is C18H10ClN5O2. The number of carbonyl (C=O) groups is 1. The first-order valence-corrected chi connectivity index (χ1v) is 7.96. The first-order valence-electron chi connectivity index (χ1n) is 7.59. The normalized spacial score (nSPS) is 10.9. The number of rotatable bonds is 3. The van der Waals surface area contributed by atoms with Gasteiger partial charge in [0.1, 0.15) is 6.07 Å². The minimum Gasteiger partial charge on any atom is -0.476 e. The summed E-state index contributed by atoms with van der Waals surface area (Å²) in [7, 11) is 0. The van der Waals surface area contributed by atoms with Crippen LogP contribution in [0.3, 0.4) is 0 Å². The third-order valence-electron chi connectivity index (χ3n) is 4.03. The molecule has 0 atom stereocenters. The lowest BCUT2D eigenvalue weighted by atomic mass is 10.1. The van der Waals surface area contributed by atoms with Crippen molar-refractivity contribution in [3.8, 4) is 6.07 Å². The van der Waals surface area contributed by atoms with E-state index in [1.54, 1.807) is 6.20 Å². The van der Waals surface area contributed by atoms with E-state index in [-0.39, 0.29) is 11.3 Å². The minimum atomic E-state index is -1.19. The third kappa shape index (κ3) is 2.62. The predicted octanol–water partition coefficient (Wildman–Crippen LogP) is 3.25. The molecule has 4 aromatic rings. The second-order valence-corrected chi connectivity index (χ2v) is 6.12. The minimum absolute atomic E-state index is 0.163. The molecular weight excluding hydrogens is 354 g/mol. The number of pyridine rings is 2. The molecule has 3 aromatic heterocycles. The molecule has 0 bridgehead atoms. The number of aromatic nitrogens is 4. The molecule has 4 rings (SSSR count). The topological polar surface area (TPSA) is 105 Å². The number of carboxylic acids is 1. The van der Waals surface area contributed by atoms with Gasteiger partial charge in [0.05, 0.1) is 39.7 Å². The molecule has 0 fully saturated rings. The molecule has 0 radical (unpaired) electrons. The first-order chi connectivity index (χ1) is 12.6. The molecule has 7 nitrogen and oxygen atoms in total. The van der Waals surface area contributed by atoms with Gasteiger partial charge in [0.15, 0.2) is 5.69 Å². The van der Waals surface area contributed by atoms with Crippen LogP contribution in [0.4, 0.5) is 0 Å². The Bertz CT molecular complexity index is 1230. The SMILES string of the molecule is N#Cc1cncc2c1c(C(=O)O)nn2Cc1ccc2ncc(Cl)cc2c1. The van der Waals surface area contributed by atoms with Crippen LogP contribution in [0.1, 0.15) is 21.6 Å². The number of benzene rings is 1. The van der Waals surface area contributed by atoms with E-state index in [0.29, 0.717) is 22.5 Å². The van der Waals surface area contributed by atoms with Crippen molar-refractivity contribution < 1.29 is 9.90 Å². The molecule has 0 spiro atoms. The van der Waals surface area contributed by atoms with Gasteiger partial charge in [-0.2, -0.15) is 10.4 Å². The number of fused-ring (bicyclic) bond motifs is 2. The van der Waals surface area contributed by atoms with E-state index in [4.69, 9.17) is 11.6 Å². The summed E-state index contributed by atoms with van der Waals surface area (Å²) in [6.45, 7) is 0.322. The maximum absolute atomic E-state index is 11.5. The molecule has 1 aromatic carbocycles. The fraction of sp³-hybridized carbons (Fsp3) is 0.0556. The number of hydrogen-bond acceptors (Lipinski definition) is 5. The van der Waals surface area contributed by atoms with Crippen molar-refractivity contribution in [1.29, 1.82) is 5.26 Å². The second kappa shape index (κ2) is 6.10. The lowest BCUT2D eigenvalue weighted by Crippen LogP contribution is -2.04. The number of hydrogen-bond donors (Lipinski definition) is 1. The van der Waals surface area contributed by atoms with Gasteiger partial charge >= 0.3 is 5.97 Å². The Labute approximate surface area is 152 Å². The summed E-state index contributed by atoms with van der Waals surface area (Å²) in [5.41, 5.74) is 2.21. The summed E-state index contributed by atoms with van der Waals surface area (Å²) in [6, 6.07) is 9.46. The highest BCUT2D eigenvalue weighted by Crippen LogP contribution is 2.24. The van der Waals surface area contributed by atoms with E-state index >= 15 is 0 Å². The number of nitriles is 1. The summed E-state index contributed by atoms with van der Waals surface area (Å²) in [4.78, 5) is 19.8. The van der Waals surface area contributed by atoms with E-state index < -0.39 is 5.97 Å². The van der Waals surface area contributed by atoms with Crippen LogP contribution in [-0.4, -0.2) is 30.8 Å². The van der Waals surface area contributed by atoms with Crippen LogP contribution in [0.15, 0.2) is 42.9 Å². The zero-order valence-electron chi connectivity index (χ0n) is 13.2. The highest BCUT2D eigenvalue weighted by Gasteiger charge is 2.20. The standard InChI is InChI=1S/C18H10ClN5O2/c19-13-4-11-3-10(1-2-14(11)22-7-13)9-24-15-8-21-6-12(5-20)16(15)17(23-24)18(25)26/h1-4,6-8H,9H2,(H,25,26). The third-order valence-corrected chi connectivity index (χ3v) is 4.24. The lowest BCUT2D eigenvalue weighted by Gasteiger charge is -2.06. The summed E-state index contributed by atoms with van der Waals surface area (Å²) >= 11 is 6.00. The van der Waals surface area contributed by atoms with Crippen LogP contribution in [0.25, 0.3) is 21.8 Å². The maximum atomic E-state index is 11.5. The Morgan fingerprint density at radius 2 is 2.12 bits per heavy atom. The second-order valence-electron chi connectivity index (χ2n) is 5.68. The van der Waals surface area contributed by atoms with E-state index in [9.17, 15) is 15.2 Å². The van der Waals surface area contributed by atoms with Crippen molar-refractivity contribution in [2.24, 2.45) is 0 Å². The van der Waals surface area contributed by atoms with Gasteiger partial charge in [-0.1, -0.05) is 17.7 Å². The van der Waals surface area contributed by atoms with E-state index in [1.807, 2.05) is 30.3 Å². The van der Waals surface area contributed by atoms with Gasteiger partial charge in [0, 0.05) is 17.8 Å². The van der Waals surface area contributed by atoms with Crippen LogP contribution in [0, 0.1) is 11.3 Å². The van der Waals surface area contributed by atoms with Gasteiger partial charge in [-0.05, 0) is 23.8 Å². The average molecular weight is 364 g/mol. The zero-order valence-corrected chi connectivity index (χ0v) is 14.0. The van der Waals surface area contributed by atoms with E-state index in [1.165, 1.54) is 17.1 Å². The highest BCUT2D eigenvalue weighted by atomic mass is 35.5. The number of nitrogens with zero attached hydrogens (tertiary/aromatic N) is 5. The molecule has 8 heteroatoms. The van der Waals surface area contributed by atoms with Crippen molar-refractivity contribution in [2.45, 2.75) is 6.54 Å². The van der Waals surface area contributed by atoms with Crippen LogP contribution in [-0.2, 0) is 6.54 Å². The monoisotopic (exact) mass is 363 g/mol. The first kappa shape index (κ1) is 16.0. The lowest BCUT2D eigenvalue weighted by molar-refractivity contribution is 0.0691.